The molecule has 2 amide bonds. The maximum atomic E-state index is 12.9. The van der Waals surface area contributed by atoms with E-state index in [9.17, 15) is 18.0 Å². The molecule has 1 fully saturated rings. The number of rotatable bonds is 5. The van der Waals surface area contributed by atoms with Crippen LogP contribution in [-0.4, -0.2) is 54.2 Å². The van der Waals surface area contributed by atoms with E-state index in [0.717, 1.165) is 0 Å². The second-order valence-electron chi connectivity index (χ2n) is 6.43. The Bertz CT molecular complexity index is 944. The van der Waals surface area contributed by atoms with E-state index in [0.29, 0.717) is 18.7 Å². The lowest BCUT2D eigenvalue weighted by Crippen LogP contribution is -2.41. The van der Waals surface area contributed by atoms with Crippen LogP contribution in [0.3, 0.4) is 0 Å². The van der Waals surface area contributed by atoms with Gasteiger partial charge in [0.1, 0.15) is 0 Å². The van der Waals surface area contributed by atoms with Gasteiger partial charge < -0.3 is 10.2 Å². The molecule has 0 aliphatic carbocycles. The van der Waals surface area contributed by atoms with E-state index in [-0.39, 0.29) is 40.5 Å². The van der Waals surface area contributed by atoms with Crippen molar-refractivity contribution in [1.29, 1.82) is 0 Å². The van der Waals surface area contributed by atoms with Crippen LogP contribution in [0.1, 0.15) is 34.1 Å². The quantitative estimate of drug-likeness (QED) is 0.846. The molecule has 1 atom stereocenters. The highest BCUT2D eigenvalue weighted by molar-refractivity contribution is 7.91. The smallest absolute Gasteiger partial charge is 0.257 e. The van der Waals surface area contributed by atoms with Gasteiger partial charge in [0.2, 0.25) is 0 Å². The molecule has 0 bridgehead atoms. The summed E-state index contributed by atoms with van der Waals surface area (Å²) in [7, 11) is -3.10. The first-order valence-electron chi connectivity index (χ1n) is 8.72. The minimum atomic E-state index is -3.10. The monoisotopic (exact) mass is 387 g/mol. The zero-order valence-electron chi connectivity index (χ0n) is 15.0. The lowest BCUT2D eigenvalue weighted by atomic mass is 10.1. The Morgan fingerprint density at radius 1 is 1.19 bits per heavy atom. The highest BCUT2D eigenvalue weighted by Crippen LogP contribution is 2.20. The van der Waals surface area contributed by atoms with Crippen LogP contribution < -0.4 is 5.32 Å². The largest absolute Gasteiger partial charge is 0.335 e. The van der Waals surface area contributed by atoms with Gasteiger partial charge in [-0.1, -0.05) is 18.2 Å². The molecule has 2 aromatic rings. The number of hydrogen-bond donors (Lipinski definition) is 1. The van der Waals surface area contributed by atoms with E-state index in [1.807, 2.05) is 25.1 Å². The van der Waals surface area contributed by atoms with Gasteiger partial charge >= 0.3 is 0 Å². The lowest BCUT2D eigenvalue weighted by Gasteiger charge is -2.26. The third kappa shape index (κ3) is 4.51. The highest BCUT2D eigenvalue weighted by atomic mass is 32.2. The second kappa shape index (κ2) is 7.87. The van der Waals surface area contributed by atoms with E-state index in [2.05, 4.69) is 10.3 Å². The van der Waals surface area contributed by atoms with Gasteiger partial charge in [0.25, 0.3) is 11.8 Å². The normalized spacial score (nSPS) is 18.0. The van der Waals surface area contributed by atoms with E-state index < -0.39 is 9.84 Å². The Kier molecular flexibility index (Phi) is 5.55. The van der Waals surface area contributed by atoms with Crippen molar-refractivity contribution in [2.45, 2.75) is 19.4 Å². The fraction of sp³-hybridized carbons (Fsp3) is 0.316. The van der Waals surface area contributed by atoms with Crippen LogP contribution in [0.4, 0.5) is 5.69 Å². The van der Waals surface area contributed by atoms with Crippen molar-refractivity contribution < 1.29 is 18.0 Å². The van der Waals surface area contributed by atoms with E-state index in [1.165, 1.54) is 18.5 Å². The number of amides is 2. The third-order valence-corrected chi connectivity index (χ3v) is 6.28. The fourth-order valence-corrected chi connectivity index (χ4v) is 4.89. The summed E-state index contributed by atoms with van der Waals surface area (Å²) in [6, 6.07) is 10.1. The molecule has 8 heteroatoms. The van der Waals surface area contributed by atoms with Gasteiger partial charge in [-0.25, -0.2) is 8.42 Å². The van der Waals surface area contributed by atoms with Gasteiger partial charge in [-0.3, -0.25) is 14.6 Å². The summed E-state index contributed by atoms with van der Waals surface area (Å²) >= 11 is 0. The summed E-state index contributed by atoms with van der Waals surface area (Å²) in [4.78, 5) is 30.8. The number of nitrogens with one attached hydrogen (secondary N) is 1. The Labute approximate surface area is 158 Å². The number of carbonyl (C=O) groups is 2. The van der Waals surface area contributed by atoms with Gasteiger partial charge in [0, 0.05) is 30.7 Å². The predicted molar refractivity (Wildman–Crippen MR) is 102 cm³/mol. The molecule has 1 aromatic heterocycles. The van der Waals surface area contributed by atoms with Gasteiger partial charge in [0.15, 0.2) is 9.84 Å². The number of benzene rings is 1. The Morgan fingerprint density at radius 2 is 1.89 bits per heavy atom. The van der Waals surface area contributed by atoms with Crippen molar-refractivity contribution in [3.63, 3.8) is 0 Å². The molecular formula is C19H21N3O4S. The molecule has 1 N–H and O–H groups in total. The third-order valence-electron chi connectivity index (χ3n) is 4.53. The number of para-hydroxylation sites is 1. The molecule has 7 nitrogen and oxygen atoms in total. The SMILES string of the molecule is CCN(C(=O)c1cncc(C(=O)Nc2ccccc2)c1)C1CCS(=O)(=O)C1. The molecule has 0 radical (unpaired) electrons. The van der Waals surface area contributed by atoms with Crippen LogP contribution >= 0.6 is 0 Å². The van der Waals surface area contributed by atoms with E-state index in [4.69, 9.17) is 0 Å². The van der Waals surface area contributed by atoms with Crippen molar-refractivity contribution in [3.8, 4) is 0 Å². The molecule has 0 spiro atoms. The highest BCUT2D eigenvalue weighted by Gasteiger charge is 2.34. The number of anilines is 1. The number of carbonyl (C=O) groups excluding carboxylic acids is 2. The molecule has 2 heterocycles. The molecule has 1 aliphatic heterocycles. The molecular weight excluding hydrogens is 366 g/mol. The Morgan fingerprint density at radius 3 is 2.52 bits per heavy atom. The zero-order chi connectivity index (χ0) is 19.4. The van der Waals surface area contributed by atoms with Crippen LogP contribution in [0.2, 0.25) is 0 Å². The fourth-order valence-electron chi connectivity index (χ4n) is 3.16. The first kappa shape index (κ1) is 19.0. The van der Waals surface area contributed by atoms with Crippen LogP contribution in [-0.2, 0) is 9.84 Å². The molecule has 1 unspecified atom stereocenters. The topological polar surface area (TPSA) is 96.4 Å². The van der Waals surface area contributed by atoms with E-state index >= 15 is 0 Å². The van der Waals surface area contributed by atoms with Crippen molar-refractivity contribution in [2.75, 3.05) is 23.4 Å². The van der Waals surface area contributed by atoms with Gasteiger partial charge in [0.05, 0.1) is 22.6 Å². The average Bonchev–Trinajstić information content (AvgIpc) is 3.02. The van der Waals surface area contributed by atoms with Gasteiger partial charge in [-0.05, 0) is 31.5 Å². The van der Waals surface area contributed by atoms with Crippen LogP contribution in [0.15, 0.2) is 48.8 Å². The summed E-state index contributed by atoms with van der Waals surface area (Å²) in [6.45, 7) is 2.20. The molecule has 1 saturated heterocycles. The van der Waals surface area contributed by atoms with Crippen molar-refractivity contribution in [3.05, 3.63) is 59.9 Å². The lowest BCUT2D eigenvalue weighted by molar-refractivity contribution is 0.0708. The number of nitrogens with zero attached hydrogens (tertiary/aromatic N) is 2. The number of pyridine rings is 1. The van der Waals surface area contributed by atoms with E-state index in [1.54, 1.807) is 17.0 Å². The molecule has 1 aromatic carbocycles. The van der Waals surface area contributed by atoms with Crippen molar-refractivity contribution in [2.24, 2.45) is 0 Å². The summed E-state index contributed by atoms with van der Waals surface area (Å²) < 4.78 is 23.5. The number of sulfone groups is 1. The molecule has 3 rings (SSSR count). The van der Waals surface area contributed by atoms with Crippen LogP contribution in [0, 0.1) is 0 Å². The minimum absolute atomic E-state index is 0.0197. The first-order chi connectivity index (χ1) is 12.9. The number of aromatic nitrogens is 1. The van der Waals surface area contributed by atoms with Crippen LogP contribution in [0.5, 0.6) is 0 Å². The first-order valence-corrected chi connectivity index (χ1v) is 10.5. The maximum Gasteiger partial charge on any atom is 0.257 e. The average molecular weight is 387 g/mol. The summed E-state index contributed by atoms with van der Waals surface area (Å²) in [5.74, 6) is -0.607. The summed E-state index contributed by atoms with van der Waals surface area (Å²) in [5.41, 5.74) is 1.17. The maximum absolute atomic E-state index is 12.9. The van der Waals surface area contributed by atoms with Gasteiger partial charge in [-0.2, -0.15) is 0 Å². The molecule has 1 aliphatic rings. The van der Waals surface area contributed by atoms with Crippen LogP contribution in [0.25, 0.3) is 0 Å². The molecule has 142 valence electrons. The second-order valence-corrected chi connectivity index (χ2v) is 8.66. The van der Waals surface area contributed by atoms with Gasteiger partial charge in [-0.15, -0.1) is 0 Å². The summed E-state index contributed by atoms with van der Waals surface area (Å²) in [5, 5.41) is 2.75. The molecule has 0 saturated carbocycles. The Balaban J connectivity index is 1.77. The standard InChI is InChI=1S/C19H21N3O4S/c1-2-22(17-8-9-27(25,26)13-17)19(24)15-10-14(11-20-12-15)18(23)21-16-6-4-3-5-7-16/h3-7,10-12,17H,2,8-9,13H2,1H3,(H,21,23). The zero-order valence-corrected chi connectivity index (χ0v) is 15.8. The predicted octanol–water partition coefficient (Wildman–Crippen LogP) is 1.98. The summed E-state index contributed by atoms with van der Waals surface area (Å²) in [6.07, 6.45) is 3.22. The van der Waals surface area contributed by atoms with Crippen molar-refractivity contribution in [1.82, 2.24) is 9.88 Å². The Hall–Kier alpha value is -2.74. The van der Waals surface area contributed by atoms with Crippen molar-refractivity contribution >= 4 is 27.3 Å². The minimum Gasteiger partial charge on any atom is -0.335 e. The molecule has 27 heavy (non-hydrogen) atoms. The number of hydrogen-bond acceptors (Lipinski definition) is 5.